The maximum absolute atomic E-state index is 13.1. The molecule has 0 aliphatic carbocycles. The summed E-state index contributed by atoms with van der Waals surface area (Å²) in [6, 6.07) is 12.8. The first kappa shape index (κ1) is 21.8. The number of hydrogen-bond acceptors (Lipinski definition) is 4. The molecule has 8 heteroatoms. The summed E-state index contributed by atoms with van der Waals surface area (Å²) in [6.07, 6.45) is -2.48. The van der Waals surface area contributed by atoms with Gasteiger partial charge in [-0.1, -0.05) is 18.2 Å². The Kier molecular flexibility index (Phi) is 6.29. The van der Waals surface area contributed by atoms with Gasteiger partial charge in [0.05, 0.1) is 10.5 Å². The van der Waals surface area contributed by atoms with Crippen molar-refractivity contribution in [3.8, 4) is 0 Å². The number of anilines is 2. The number of benzene rings is 2. The number of amides is 1. The van der Waals surface area contributed by atoms with Crippen molar-refractivity contribution >= 4 is 35.1 Å². The number of hydrogen-bond donors (Lipinski definition) is 0. The van der Waals surface area contributed by atoms with Gasteiger partial charge in [0.25, 0.3) is 5.91 Å². The fourth-order valence-corrected chi connectivity index (χ4v) is 4.75. The van der Waals surface area contributed by atoms with Crippen LogP contribution in [-0.2, 0) is 11.0 Å². The van der Waals surface area contributed by atoms with Crippen LogP contribution in [0.25, 0.3) is 6.08 Å². The van der Waals surface area contributed by atoms with Crippen molar-refractivity contribution in [3.63, 3.8) is 0 Å². The summed E-state index contributed by atoms with van der Waals surface area (Å²) < 4.78 is 38.6. The molecule has 2 aliphatic heterocycles. The minimum absolute atomic E-state index is 0.177. The highest BCUT2D eigenvalue weighted by atomic mass is 32.2. The van der Waals surface area contributed by atoms with Gasteiger partial charge in [-0.05, 0) is 49.0 Å². The van der Waals surface area contributed by atoms with E-state index in [-0.39, 0.29) is 5.91 Å². The Hall–Kier alpha value is -2.45. The summed E-state index contributed by atoms with van der Waals surface area (Å²) in [4.78, 5) is 19.9. The first-order valence-electron chi connectivity index (χ1n) is 10.2. The SMILES string of the molecule is CN1CCN(c2ccccc2C=C2SCCN(c3ccc(C(F)(F)F)cc3)C2=O)CC1. The molecular weight excluding hydrogens is 423 g/mol. The summed E-state index contributed by atoms with van der Waals surface area (Å²) in [5.74, 6) is 0.513. The van der Waals surface area contributed by atoms with E-state index in [9.17, 15) is 18.0 Å². The Morgan fingerprint density at radius 2 is 1.61 bits per heavy atom. The highest BCUT2D eigenvalue weighted by Gasteiger charge is 2.31. The van der Waals surface area contributed by atoms with Crippen molar-refractivity contribution in [2.45, 2.75) is 6.18 Å². The molecule has 2 aromatic rings. The summed E-state index contributed by atoms with van der Waals surface area (Å²) in [5, 5.41) is 0. The molecule has 2 aliphatic rings. The number of carbonyl (C=O) groups is 1. The van der Waals surface area contributed by atoms with Gasteiger partial charge in [-0.2, -0.15) is 13.2 Å². The van der Waals surface area contributed by atoms with Crippen molar-refractivity contribution < 1.29 is 18.0 Å². The molecular formula is C23H24F3N3OS. The molecule has 4 nitrogen and oxygen atoms in total. The van der Waals surface area contributed by atoms with Gasteiger partial charge >= 0.3 is 6.18 Å². The molecule has 0 N–H and O–H groups in total. The Morgan fingerprint density at radius 1 is 0.935 bits per heavy atom. The van der Waals surface area contributed by atoms with Crippen LogP contribution in [0.15, 0.2) is 53.4 Å². The van der Waals surface area contributed by atoms with E-state index in [4.69, 9.17) is 0 Å². The predicted molar refractivity (Wildman–Crippen MR) is 120 cm³/mol. The van der Waals surface area contributed by atoms with E-state index >= 15 is 0 Å². The quantitative estimate of drug-likeness (QED) is 0.644. The second-order valence-electron chi connectivity index (χ2n) is 7.71. The van der Waals surface area contributed by atoms with Crippen LogP contribution in [0.1, 0.15) is 11.1 Å². The zero-order chi connectivity index (χ0) is 22.0. The summed E-state index contributed by atoms with van der Waals surface area (Å²) in [6.45, 7) is 4.29. The molecule has 0 aromatic heterocycles. The van der Waals surface area contributed by atoms with Crippen LogP contribution in [0.2, 0.25) is 0 Å². The van der Waals surface area contributed by atoms with Gasteiger partial charge in [0.1, 0.15) is 0 Å². The average Bonchev–Trinajstić information content (AvgIpc) is 2.76. The second-order valence-corrected chi connectivity index (χ2v) is 8.84. The van der Waals surface area contributed by atoms with Crippen LogP contribution < -0.4 is 9.80 Å². The third kappa shape index (κ3) is 4.91. The minimum atomic E-state index is -4.39. The molecule has 4 rings (SSSR count). The maximum Gasteiger partial charge on any atom is 0.416 e. The lowest BCUT2D eigenvalue weighted by molar-refractivity contribution is -0.137. The van der Waals surface area contributed by atoms with Crippen LogP contribution >= 0.6 is 11.8 Å². The number of rotatable bonds is 3. The highest BCUT2D eigenvalue weighted by molar-refractivity contribution is 8.04. The molecule has 0 spiro atoms. The van der Waals surface area contributed by atoms with Crippen molar-refractivity contribution in [1.82, 2.24) is 4.90 Å². The minimum Gasteiger partial charge on any atom is -0.368 e. The van der Waals surface area contributed by atoms with E-state index in [1.807, 2.05) is 24.3 Å². The van der Waals surface area contributed by atoms with Gasteiger partial charge in [-0.25, -0.2) is 0 Å². The van der Waals surface area contributed by atoms with E-state index in [0.29, 0.717) is 22.9 Å². The van der Waals surface area contributed by atoms with Gasteiger partial charge in [0, 0.05) is 49.9 Å². The molecule has 2 saturated heterocycles. The molecule has 2 aromatic carbocycles. The lowest BCUT2D eigenvalue weighted by Crippen LogP contribution is -2.44. The normalized spacial score (nSPS) is 19.9. The Balaban J connectivity index is 1.57. The van der Waals surface area contributed by atoms with E-state index in [2.05, 4.69) is 22.9 Å². The van der Waals surface area contributed by atoms with Crippen LogP contribution in [0.3, 0.4) is 0 Å². The third-order valence-electron chi connectivity index (χ3n) is 5.60. The molecule has 1 amide bonds. The molecule has 0 atom stereocenters. The van der Waals surface area contributed by atoms with Crippen molar-refractivity contribution in [2.75, 3.05) is 55.3 Å². The van der Waals surface area contributed by atoms with Crippen molar-refractivity contribution in [1.29, 1.82) is 0 Å². The van der Waals surface area contributed by atoms with Gasteiger partial charge in [0.15, 0.2) is 0 Å². The summed E-state index contributed by atoms with van der Waals surface area (Å²) >= 11 is 1.49. The largest absolute Gasteiger partial charge is 0.416 e. The number of likely N-dealkylation sites (N-methyl/N-ethyl adjacent to an activating group) is 1. The lowest BCUT2D eigenvalue weighted by atomic mass is 10.1. The number of thioether (sulfide) groups is 1. The fraction of sp³-hybridized carbons (Fsp3) is 0.348. The molecule has 164 valence electrons. The highest BCUT2D eigenvalue weighted by Crippen LogP contribution is 2.34. The molecule has 0 saturated carbocycles. The monoisotopic (exact) mass is 447 g/mol. The van der Waals surface area contributed by atoms with Crippen molar-refractivity contribution in [2.24, 2.45) is 0 Å². The lowest BCUT2D eigenvalue weighted by Gasteiger charge is -2.35. The Bertz CT molecular complexity index is 967. The molecule has 0 unspecified atom stereocenters. The number of carbonyl (C=O) groups excluding carboxylic acids is 1. The van der Waals surface area contributed by atoms with Gasteiger partial charge in [0.2, 0.25) is 0 Å². The Morgan fingerprint density at radius 3 is 2.29 bits per heavy atom. The first-order valence-corrected chi connectivity index (χ1v) is 11.2. The molecule has 31 heavy (non-hydrogen) atoms. The number of piperazine rings is 1. The number of nitrogens with zero attached hydrogens (tertiary/aromatic N) is 3. The summed E-state index contributed by atoms with van der Waals surface area (Å²) in [7, 11) is 2.11. The van der Waals surface area contributed by atoms with E-state index in [1.165, 1.54) is 23.9 Å². The topological polar surface area (TPSA) is 26.8 Å². The van der Waals surface area contributed by atoms with Crippen LogP contribution in [0.4, 0.5) is 24.5 Å². The number of halogens is 3. The van der Waals surface area contributed by atoms with E-state index in [1.54, 1.807) is 4.90 Å². The smallest absolute Gasteiger partial charge is 0.368 e. The molecule has 0 bridgehead atoms. The van der Waals surface area contributed by atoms with Crippen LogP contribution in [0.5, 0.6) is 0 Å². The van der Waals surface area contributed by atoms with Crippen LogP contribution in [-0.4, -0.2) is 56.3 Å². The van der Waals surface area contributed by atoms with Gasteiger partial charge < -0.3 is 14.7 Å². The number of para-hydroxylation sites is 1. The van der Waals surface area contributed by atoms with Crippen molar-refractivity contribution in [3.05, 3.63) is 64.6 Å². The Labute approximate surface area is 184 Å². The second kappa shape index (κ2) is 8.96. The first-order chi connectivity index (χ1) is 14.8. The summed E-state index contributed by atoms with van der Waals surface area (Å²) in [5.41, 5.74) is 1.85. The average molecular weight is 448 g/mol. The van der Waals surface area contributed by atoms with Gasteiger partial charge in [-0.3, -0.25) is 4.79 Å². The van der Waals surface area contributed by atoms with E-state index < -0.39 is 11.7 Å². The molecule has 2 heterocycles. The predicted octanol–water partition coefficient (Wildman–Crippen LogP) is 4.58. The zero-order valence-electron chi connectivity index (χ0n) is 17.2. The third-order valence-corrected chi connectivity index (χ3v) is 6.59. The maximum atomic E-state index is 13.1. The standard InChI is InChI=1S/C23H24F3N3OS/c1-27-10-12-28(13-11-27)20-5-3-2-4-17(20)16-21-22(30)29(14-15-31-21)19-8-6-18(7-9-19)23(24,25)26/h2-9,16H,10-15H2,1H3. The van der Waals surface area contributed by atoms with E-state index in [0.717, 1.165) is 49.6 Å². The van der Waals surface area contributed by atoms with Crippen LogP contribution in [0, 0.1) is 0 Å². The fourth-order valence-electron chi connectivity index (χ4n) is 3.81. The number of alkyl halides is 3. The zero-order valence-corrected chi connectivity index (χ0v) is 18.0. The van der Waals surface area contributed by atoms with Gasteiger partial charge in [-0.15, -0.1) is 11.8 Å². The molecule has 2 fully saturated rings. The molecule has 0 radical (unpaired) electrons.